The van der Waals surface area contributed by atoms with Crippen molar-refractivity contribution in [1.29, 1.82) is 0 Å². The van der Waals surface area contributed by atoms with E-state index in [1.807, 2.05) is 0 Å². The summed E-state index contributed by atoms with van der Waals surface area (Å²) in [6, 6.07) is 4.96. The van der Waals surface area contributed by atoms with E-state index in [1.54, 1.807) is 19.1 Å². The van der Waals surface area contributed by atoms with E-state index in [1.165, 1.54) is 10.4 Å². The van der Waals surface area contributed by atoms with Crippen molar-refractivity contribution >= 4 is 27.6 Å². The van der Waals surface area contributed by atoms with Crippen LogP contribution in [0.1, 0.15) is 48.5 Å². The number of rotatable bonds is 5. The molecule has 0 saturated heterocycles. The molecule has 1 heterocycles. The molecule has 3 rings (SSSR count). The number of nitrogens with zero attached hydrogens (tertiary/aromatic N) is 1. The highest BCUT2D eigenvalue weighted by molar-refractivity contribution is 7.92. The Labute approximate surface area is 153 Å². The number of anilines is 1. The van der Waals surface area contributed by atoms with Gasteiger partial charge in [0.15, 0.2) is 6.10 Å². The van der Waals surface area contributed by atoms with Crippen LogP contribution in [0, 0.1) is 0 Å². The molecule has 0 spiro atoms. The molecule has 8 heteroatoms. The summed E-state index contributed by atoms with van der Waals surface area (Å²) >= 11 is 0. The number of carbonyl (C=O) groups excluding carboxylic acids is 2. The number of fused-ring (bicyclic) bond motifs is 1. The molecule has 1 aromatic rings. The second kappa shape index (κ2) is 7.26. The van der Waals surface area contributed by atoms with Gasteiger partial charge in [-0.25, -0.2) is 13.2 Å². The Morgan fingerprint density at radius 1 is 1.27 bits per heavy atom. The van der Waals surface area contributed by atoms with Crippen LogP contribution in [-0.2, 0) is 26.0 Å². The van der Waals surface area contributed by atoms with Gasteiger partial charge in [0.2, 0.25) is 10.0 Å². The minimum absolute atomic E-state index is 0.172. The number of ether oxygens (including phenoxy) is 1. The first-order chi connectivity index (χ1) is 12.3. The Hall–Kier alpha value is -2.09. The van der Waals surface area contributed by atoms with Crippen LogP contribution >= 0.6 is 0 Å². The minimum atomic E-state index is -3.33. The van der Waals surface area contributed by atoms with Gasteiger partial charge in [0.05, 0.1) is 17.5 Å². The highest BCUT2D eigenvalue weighted by Gasteiger charge is 2.28. The third-order valence-electron chi connectivity index (χ3n) is 4.92. The van der Waals surface area contributed by atoms with Crippen molar-refractivity contribution < 1.29 is 22.7 Å². The fourth-order valence-electron chi connectivity index (χ4n) is 3.51. The molecule has 2 aliphatic rings. The summed E-state index contributed by atoms with van der Waals surface area (Å²) in [5, 5.41) is 2.91. The van der Waals surface area contributed by atoms with E-state index in [-0.39, 0.29) is 11.9 Å². The molecule has 7 nitrogen and oxygen atoms in total. The van der Waals surface area contributed by atoms with Crippen molar-refractivity contribution in [2.24, 2.45) is 0 Å². The van der Waals surface area contributed by atoms with E-state index in [4.69, 9.17) is 4.74 Å². The molecule has 1 aliphatic carbocycles. The van der Waals surface area contributed by atoms with Gasteiger partial charge in [0.25, 0.3) is 5.91 Å². The second-order valence-corrected chi connectivity index (χ2v) is 8.87. The van der Waals surface area contributed by atoms with E-state index in [0.29, 0.717) is 24.2 Å². The lowest BCUT2D eigenvalue weighted by atomic mass is 10.1. The number of esters is 1. The Morgan fingerprint density at radius 3 is 2.62 bits per heavy atom. The van der Waals surface area contributed by atoms with Crippen LogP contribution in [0.3, 0.4) is 0 Å². The molecule has 0 aromatic heterocycles. The first kappa shape index (κ1) is 18.7. The van der Waals surface area contributed by atoms with Crippen molar-refractivity contribution in [3.05, 3.63) is 29.3 Å². The first-order valence-corrected chi connectivity index (χ1v) is 10.7. The zero-order valence-electron chi connectivity index (χ0n) is 15.0. The summed E-state index contributed by atoms with van der Waals surface area (Å²) in [4.78, 5) is 24.5. The third kappa shape index (κ3) is 4.00. The van der Waals surface area contributed by atoms with Gasteiger partial charge in [-0.05, 0) is 49.9 Å². The Morgan fingerprint density at radius 2 is 1.96 bits per heavy atom. The Bertz CT molecular complexity index is 815. The van der Waals surface area contributed by atoms with Gasteiger partial charge in [0, 0.05) is 12.6 Å². The zero-order valence-corrected chi connectivity index (χ0v) is 15.8. The summed E-state index contributed by atoms with van der Waals surface area (Å²) in [7, 11) is -3.33. The van der Waals surface area contributed by atoms with Gasteiger partial charge in [-0.3, -0.25) is 9.10 Å². The highest BCUT2D eigenvalue weighted by atomic mass is 32.2. The number of hydrogen-bond acceptors (Lipinski definition) is 5. The van der Waals surface area contributed by atoms with Crippen LogP contribution in [0.4, 0.5) is 5.69 Å². The van der Waals surface area contributed by atoms with Crippen molar-refractivity contribution in [2.45, 2.75) is 51.2 Å². The van der Waals surface area contributed by atoms with E-state index in [9.17, 15) is 18.0 Å². The molecule has 1 aliphatic heterocycles. The monoisotopic (exact) mass is 380 g/mol. The summed E-state index contributed by atoms with van der Waals surface area (Å²) in [5.41, 5.74) is 1.70. The number of carbonyl (C=O) groups is 2. The topological polar surface area (TPSA) is 92.8 Å². The predicted molar refractivity (Wildman–Crippen MR) is 97.6 cm³/mol. The lowest BCUT2D eigenvalue weighted by molar-refractivity contribution is -0.129. The number of amides is 1. The lowest BCUT2D eigenvalue weighted by Crippen LogP contribution is -2.40. The molecule has 1 saturated carbocycles. The van der Waals surface area contributed by atoms with E-state index >= 15 is 0 Å². The molecule has 0 unspecified atom stereocenters. The number of benzene rings is 1. The van der Waals surface area contributed by atoms with E-state index in [0.717, 1.165) is 37.5 Å². The summed E-state index contributed by atoms with van der Waals surface area (Å²) in [6.45, 7) is 1.92. The Kier molecular flexibility index (Phi) is 5.22. The standard InChI is InChI=1S/C18H24N2O5S/c1-12(17(21)19-15-5-3-4-6-15)25-18(22)14-7-8-16-13(11-14)9-10-20(16)26(2,23)24/h7-8,11-12,15H,3-6,9-10H2,1-2H3,(H,19,21)/t12-/m1/s1. The average Bonchev–Trinajstić information content (AvgIpc) is 3.22. The van der Waals surface area contributed by atoms with E-state index in [2.05, 4.69) is 5.32 Å². The largest absolute Gasteiger partial charge is 0.449 e. The molecule has 1 atom stereocenters. The lowest BCUT2D eigenvalue weighted by Gasteiger charge is -2.18. The quantitative estimate of drug-likeness (QED) is 0.784. The first-order valence-electron chi connectivity index (χ1n) is 8.87. The number of sulfonamides is 1. The molecule has 26 heavy (non-hydrogen) atoms. The fourth-order valence-corrected chi connectivity index (χ4v) is 4.47. The van der Waals surface area contributed by atoms with Crippen LogP contribution < -0.4 is 9.62 Å². The third-order valence-corrected chi connectivity index (χ3v) is 6.10. The SMILES string of the molecule is C[C@@H](OC(=O)c1ccc2c(c1)CCN2S(C)(=O)=O)C(=O)NC1CCCC1. The van der Waals surface area contributed by atoms with Crippen molar-refractivity contribution in [3.8, 4) is 0 Å². The van der Waals surface area contributed by atoms with Gasteiger partial charge in [-0.1, -0.05) is 12.8 Å². The van der Waals surface area contributed by atoms with Crippen LogP contribution in [0.25, 0.3) is 0 Å². The maximum absolute atomic E-state index is 12.3. The van der Waals surface area contributed by atoms with Crippen molar-refractivity contribution in [1.82, 2.24) is 5.32 Å². The second-order valence-electron chi connectivity index (χ2n) is 6.97. The normalized spacial score (nSPS) is 18.5. The van der Waals surface area contributed by atoms with Gasteiger partial charge in [-0.15, -0.1) is 0 Å². The maximum atomic E-state index is 12.3. The summed E-state index contributed by atoms with van der Waals surface area (Å²) in [6.07, 6.45) is 4.99. The number of hydrogen-bond donors (Lipinski definition) is 1. The molecular formula is C18H24N2O5S. The van der Waals surface area contributed by atoms with Crippen molar-refractivity contribution in [3.63, 3.8) is 0 Å². The van der Waals surface area contributed by atoms with Gasteiger partial charge in [-0.2, -0.15) is 0 Å². The smallest absolute Gasteiger partial charge is 0.338 e. The van der Waals surface area contributed by atoms with Gasteiger partial charge in [0.1, 0.15) is 0 Å². The molecular weight excluding hydrogens is 356 g/mol. The van der Waals surface area contributed by atoms with Crippen LogP contribution in [0.15, 0.2) is 18.2 Å². The zero-order chi connectivity index (χ0) is 18.9. The fraction of sp³-hybridized carbons (Fsp3) is 0.556. The molecule has 0 bridgehead atoms. The predicted octanol–water partition coefficient (Wildman–Crippen LogP) is 1.61. The van der Waals surface area contributed by atoms with Crippen LogP contribution in [0.5, 0.6) is 0 Å². The molecule has 1 N–H and O–H groups in total. The van der Waals surface area contributed by atoms with E-state index < -0.39 is 22.1 Å². The van der Waals surface area contributed by atoms with Crippen molar-refractivity contribution in [2.75, 3.05) is 17.1 Å². The molecule has 1 fully saturated rings. The maximum Gasteiger partial charge on any atom is 0.338 e. The molecule has 1 aromatic carbocycles. The molecule has 0 radical (unpaired) electrons. The average molecular weight is 380 g/mol. The Balaban J connectivity index is 1.64. The minimum Gasteiger partial charge on any atom is -0.449 e. The van der Waals surface area contributed by atoms with Crippen LogP contribution in [0.2, 0.25) is 0 Å². The van der Waals surface area contributed by atoms with Gasteiger partial charge >= 0.3 is 5.97 Å². The van der Waals surface area contributed by atoms with Crippen LogP contribution in [-0.4, -0.2) is 45.2 Å². The summed E-state index contributed by atoms with van der Waals surface area (Å²) < 4.78 is 30.1. The van der Waals surface area contributed by atoms with Gasteiger partial charge < -0.3 is 10.1 Å². The molecule has 1 amide bonds. The number of nitrogens with one attached hydrogen (secondary N) is 1. The summed E-state index contributed by atoms with van der Waals surface area (Å²) in [5.74, 6) is -0.866. The molecule has 142 valence electrons. The highest BCUT2D eigenvalue weighted by Crippen LogP contribution is 2.31.